The van der Waals surface area contributed by atoms with Crippen LogP contribution in [0.4, 0.5) is 0 Å². The molecule has 0 aliphatic heterocycles. The van der Waals surface area contributed by atoms with Crippen LogP contribution in [0.5, 0.6) is 0 Å². The molecule has 1 heteroatoms. The summed E-state index contributed by atoms with van der Waals surface area (Å²) in [6, 6.07) is 0. The lowest BCUT2D eigenvalue weighted by molar-refractivity contribution is 0.0457. The number of rotatable bonds is 4. The van der Waals surface area contributed by atoms with E-state index < -0.39 is 0 Å². The molecule has 2 rings (SSSR count). The van der Waals surface area contributed by atoms with Gasteiger partial charge in [0.15, 0.2) is 0 Å². The molecule has 1 fully saturated rings. The third-order valence-corrected chi connectivity index (χ3v) is 4.84. The summed E-state index contributed by atoms with van der Waals surface area (Å²) in [5.41, 5.74) is 1.53. The zero-order valence-corrected chi connectivity index (χ0v) is 11.3. The average molecular weight is 236 g/mol. The van der Waals surface area contributed by atoms with Crippen molar-refractivity contribution in [2.75, 3.05) is 0 Å². The molecule has 2 aliphatic carbocycles. The van der Waals surface area contributed by atoms with E-state index in [-0.39, 0.29) is 6.10 Å². The normalized spacial score (nSPS) is 32.0. The summed E-state index contributed by atoms with van der Waals surface area (Å²) < 4.78 is 0. The maximum atomic E-state index is 10.5. The molecule has 1 nitrogen and oxygen atoms in total. The van der Waals surface area contributed by atoms with Crippen LogP contribution in [0.1, 0.15) is 71.1 Å². The highest BCUT2D eigenvalue weighted by Crippen LogP contribution is 2.37. The molecule has 98 valence electrons. The summed E-state index contributed by atoms with van der Waals surface area (Å²) in [7, 11) is 0. The van der Waals surface area contributed by atoms with Gasteiger partial charge in [-0.15, -0.1) is 0 Å². The molecule has 0 aromatic carbocycles. The number of aliphatic hydroxyl groups excluding tert-OH is 1. The quantitative estimate of drug-likeness (QED) is 0.715. The molecule has 2 aliphatic rings. The third-order valence-electron chi connectivity index (χ3n) is 4.84. The molecule has 0 saturated heterocycles. The van der Waals surface area contributed by atoms with Crippen molar-refractivity contribution in [2.24, 2.45) is 11.8 Å². The van der Waals surface area contributed by atoms with E-state index in [1.165, 1.54) is 63.4 Å². The van der Waals surface area contributed by atoms with E-state index in [1.54, 1.807) is 0 Å². The summed E-state index contributed by atoms with van der Waals surface area (Å²) in [5, 5.41) is 10.5. The standard InChI is InChI=1S/C16H28O/c1-2-14-10-6-7-11-15(14)16(17)12-13-8-4-3-5-9-13/h8,14-17H,2-7,9-12H2,1H3. The predicted octanol–water partition coefficient (Wildman–Crippen LogP) is 4.45. The van der Waals surface area contributed by atoms with E-state index in [9.17, 15) is 5.11 Å². The van der Waals surface area contributed by atoms with E-state index in [1.807, 2.05) is 0 Å². The number of hydrogen-bond acceptors (Lipinski definition) is 1. The SMILES string of the molecule is CCC1CCCCC1C(O)CC1=CCCCC1. The second-order valence-corrected chi connectivity index (χ2v) is 6.00. The Labute approximate surface area is 106 Å². The zero-order valence-electron chi connectivity index (χ0n) is 11.3. The Morgan fingerprint density at radius 3 is 2.76 bits per heavy atom. The first-order valence-electron chi connectivity index (χ1n) is 7.67. The Bertz CT molecular complexity index is 256. The highest BCUT2D eigenvalue weighted by atomic mass is 16.3. The highest BCUT2D eigenvalue weighted by molar-refractivity contribution is 5.07. The van der Waals surface area contributed by atoms with Crippen LogP contribution >= 0.6 is 0 Å². The molecule has 1 saturated carbocycles. The molecule has 0 radical (unpaired) electrons. The predicted molar refractivity (Wildman–Crippen MR) is 72.9 cm³/mol. The fourth-order valence-corrected chi connectivity index (χ4v) is 3.76. The molecular formula is C16H28O. The van der Waals surface area contributed by atoms with Crippen LogP contribution in [0.2, 0.25) is 0 Å². The number of hydrogen-bond donors (Lipinski definition) is 1. The van der Waals surface area contributed by atoms with Crippen molar-refractivity contribution in [3.8, 4) is 0 Å². The van der Waals surface area contributed by atoms with E-state index in [2.05, 4.69) is 13.0 Å². The molecule has 0 bridgehead atoms. The minimum absolute atomic E-state index is 0.0652. The summed E-state index contributed by atoms with van der Waals surface area (Å²) in [6.45, 7) is 2.29. The minimum atomic E-state index is -0.0652. The van der Waals surface area contributed by atoms with Gasteiger partial charge in [0.1, 0.15) is 0 Å². The van der Waals surface area contributed by atoms with E-state index in [0.29, 0.717) is 5.92 Å². The first-order valence-corrected chi connectivity index (χ1v) is 7.67. The fourth-order valence-electron chi connectivity index (χ4n) is 3.76. The van der Waals surface area contributed by atoms with Gasteiger partial charge in [0, 0.05) is 0 Å². The molecule has 3 unspecified atom stereocenters. The molecule has 1 N–H and O–H groups in total. The lowest BCUT2D eigenvalue weighted by atomic mass is 9.73. The average Bonchev–Trinajstić information content (AvgIpc) is 2.40. The van der Waals surface area contributed by atoms with Crippen molar-refractivity contribution in [1.82, 2.24) is 0 Å². The van der Waals surface area contributed by atoms with Crippen LogP contribution in [0.25, 0.3) is 0 Å². The van der Waals surface area contributed by atoms with Gasteiger partial charge in [0.25, 0.3) is 0 Å². The first kappa shape index (κ1) is 13.1. The maximum Gasteiger partial charge on any atom is 0.0608 e. The van der Waals surface area contributed by atoms with Gasteiger partial charge < -0.3 is 5.11 Å². The molecule has 0 amide bonds. The summed E-state index contributed by atoms with van der Waals surface area (Å²) in [5.74, 6) is 1.36. The van der Waals surface area contributed by atoms with Crippen molar-refractivity contribution >= 4 is 0 Å². The van der Waals surface area contributed by atoms with Crippen molar-refractivity contribution in [1.29, 1.82) is 0 Å². The minimum Gasteiger partial charge on any atom is -0.392 e. The summed E-state index contributed by atoms with van der Waals surface area (Å²) in [6.07, 6.45) is 15.0. The Balaban J connectivity index is 1.88. The smallest absolute Gasteiger partial charge is 0.0608 e. The molecule has 17 heavy (non-hydrogen) atoms. The lowest BCUT2D eigenvalue weighted by Gasteiger charge is -2.35. The second-order valence-electron chi connectivity index (χ2n) is 6.00. The Morgan fingerprint density at radius 2 is 2.06 bits per heavy atom. The fraction of sp³-hybridized carbons (Fsp3) is 0.875. The van der Waals surface area contributed by atoms with Crippen molar-refractivity contribution < 1.29 is 5.11 Å². The van der Waals surface area contributed by atoms with Gasteiger partial charge in [0.05, 0.1) is 6.10 Å². The maximum absolute atomic E-state index is 10.5. The van der Waals surface area contributed by atoms with Crippen LogP contribution in [-0.4, -0.2) is 11.2 Å². The van der Waals surface area contributed by atoms with Gasteiger partial charge in [-0.1, -0.05) is 44.3 Å². The van der Waals surface area contributed by atoms with Crippen LogP contribution < -0.4 is 0 Å². The van der Waals surface area contributed by atoms with Crippen LogP contribution in [0.3, 0.4) is 0 Å². The zero-order chi connectivity index (χ0) is 12.1. The Morgan fingerprint density at radius 1 is 1.24 bits per heavy atom. The molecule has 0 spiro atoms. The lowest BCUT2D eigenvalue weighted by Crippen LogP contribution is -2.31. The first-order chi connectivity index (χ1) is 8.31. The van der Waals surface area contributed by atoms with Gasteiger partial charge in [-0.05, 0) is 50.4 Å². The van der Waals surface area contributed by atoms with Crippen LogP contribution in [0.15, 0.2) is 11.6 Å². The molecule has 3 atom stereocenters. The molecular weight excluding hydrogens is 208 g/mol. The van der Waals surface area contributed by atoms with Crippen molar-refractivity contribution in [2.45, 2.75) is 77.2 Å². The summed E-state index contributed by atoms with van der Waals surface area (Å²) >= 11 is 0. The van der Waals surface area contributed by atoms with Gasteiger partial charge in [0.2, 0.25) is 0 Å². The number of allylic oxidation sites excluding steroid dienone is 1. The summed E-state index contributed by atoms with van der Waals surface area (Å²) in [4.78, 5) is 0. The van der Waals surface area contributed by atoms with E-state index >= 15 is 0 Å². The van der Waals surface area contributed by atoms with Crippen LogP contribution in [0, 0.1) is 11.8 Å². The van der Waals surface area contributed by atoms with Gasteiger partial charge in [-0.2, -0.15) is 0 Å². The van der Waals surface area contributed by atoms with Crippen molar-refractivity contribution in [3.63, 3.8) is 0 Å². The van der Waals surface area contributed by atoms with E-state index in [0.717, 1.165) is 12.3 Å². The number of aliphatic hydroxyl groups is 1. The Kier molecular flexibility index (Phi) is 5.09. The van der Waals surface area contributed by atoms with Crippen molar-refractivity contribution in [3.05, 3.63) is 11.6 Å². The molecule has 0 heterocycles. The second kappa shape index (κ2) is 6.58. The van der Waals surface area contributed by atoms with Crippen LogP contribution in [-0.2, 0) is 0 Å². The van der Waals surface area contributed by atoms with E-state index in [4.69, 9.17) is 0 Å². The monoisotopic (exact) mass is 236 g/mol. The largest absolute Gasteiger partial charge is 0.392 e. The topological polar surface area (TPSA) is 20.2 Å². The van der Waals surface area contributed by atoms with Gasteiger partial charge >= 0.3 is 0 Å². The highest BCUT2D eigenvalue weighted by Gasteiger charge is 2.29. The third kappa shape index (κ3) is 3.58. The molecule has 0 aromatic heterocycles. The van der Waals surface area contributed by atoms with Gasteiger partial charge in [-0.3, -0.25) is 0 Å². The van der Waals surface area contributed by atoms with Gasteiger partial charge in [-0.25, -0.2) is 0 Å². The molecule has 0 aromatic rings. The Hall–Kier alpha value is -0.300.